The molecule has 0 aliphatic heterocycles. The maximum atomic E-state index is 12.4. The number of rotatable bonds is 6. The van der Waals surface area contributed by atoms with Gasteiger partial charge in [-0.3, -0.25) is 0 Å². The summed E-state index contributed by atoms with van der Waals surface area (Å²) < 4.78 is 33.4. The van der Waals surface area contributed by atoms with Crippen LogP contribution in [0.15, 0.2) is 27.6 Å². The van der Waals surface area contributed by atoms with Crippen molar-refractivity contribution in [2.24, 2.45) is 5.41 Å². The van der Waals surface area contributed by atoms with E-state index in [1.54, 1.807) is 25.3 Å². The van der Waals surface area contributed by atoms with Gasteiger partial charge in [0.15, 0.2) is 0 Å². The number of ether oxygens (including phenoxy) is 1. The third-order valence-corrected chi connectivity index (χ3v) is 6.50. The minimum absolute atomic E-state index is 0.136. The molecule has 1 aliphatic rings. The average Bonchev–Trinajstić information content (AvgIpc) is 2.95. The van der Waals surface area contributed by atoms with Crippen molar-refractivity contribution >= 4 is 26.0 Å². The Morgan fingerprint density at radius 3 is 2.52 bits per heavy atom. The van der Waals surface area contributed by atoms with Crippen molar-refractivity contribution in [3.8, 4) is 5.75 Å². The van der Waals surface area contributed by atoms with Gasteiger partial charge in [0.1, 0.15) is 5.75 Å². The minimum Gasteiger partial charge on any atom is -0.496 e. The van der Waals surface area contributed by atoms with Crippen molar-refractivity contribution in [3.05, 3.63) is 22.7 Å². The van der Waals surface area contributed by atoms with Gasteiger partial charge in [-0.15, -0.1) is 0 Å². The van der Waals surface area contributed by atoms with Crippen LogP contribution in [0.25, 0.3) is 0 Å². The molecule has 0 heterocycles. The molecule has 1 aliphatic carbocycles. The van der Waals surface area contributed by atoms with Gasteiger partial charge in [0, 0.05) is 6.54 Å². The number of nitrogens with one attached hydrogen (secondary N) is 1. The van der Waals surface area contributed by atoms with Crippen LogP contribution in [-0.4, -0.2) is 22.1 Å². The molecule has 6 heteroatoms. The molecule has 0 atom stereocenters. The average molecular weight is 376 g/mol. The monoisotopic (exact) mass is 375 g/mol. The topological polar surface area (TPSA) is 55.4 Å². The van der Waals surface area contributed by atoms with Crippen molar-refractivity contribution in [2.45, 2.75) is 43.9 Å². The van der Waals surface area contributed by atoms with Crippen LogP contribution in [0.2, 0.25) is 0 Å². The zero-order valence-corrected chi connectivity index (χ0v) is 14.9. The van der Waals surface area contributed by atoms with Crippen LogP contribution < -0.4 is 9.46 Å². The molecule has 1 fully saturated rings. The van der Waals surface area contributed by atoms with Gasteiger partial charge >= 0.3 is 0 Å². The smallest absolute Gasteiger partial charge is 0.240 e. The molecule has 1 aromatic carbocycles. The highest BCUT2D eigenvalue weighted by atomic mass is 79.9. The Hall–Kier alpha value is -0.590. The van der Waals surface area contributed by atoms with E-state index in [9.17, 15) is 8.42 Å². The van der Waals surface area contributed by atoms with Gasteiger partial charge in [0.2, 0.25) is 10.0 Å². The van der Waals surface area contributed by atoms with Gasteiger partial charge in [-0.2, -0.15) is 0 Å². The fourth-order valence-corrected chi connectivity index (χ4v) is 4.80. The van der Waals surface area contributed by atoms with Crippen LogP contribution in [0.5, 0.6) is 5.75 Å². The lowest BCUT2D eigenvalue weighted by Gasteiger charge is -2.27. The van der Waals surface area contributed by atoms with Crippen molar-refractivity contribution in [1.82, 2.24) is 4.72 Å². The van der Waals surface area contributed by atoms with Gasteiger partial charge in [-0.1, -0.05) is 19.8 Å². The Morgan fingerprint density at radius 2 is 2.00 bits per heavy atom. The van der Waals surface area contributed by atoms with E-state index in [2.05, 4.69) is 27.6 Å². The first-order chi connectivity index (χ1) is 9.92. The first-order valence-corrected chi connectivity index (χ1v) is 9.53. The number of hydrogen-bond donors (Lipinski definition) is 1. The summed E-state index contributed by atoms with van der Waals surface area (Å²) in [4.78, 5) is 0.263. The molecule has 2 rings (SSSR count). The Morgan fingerprint density at radius 1 is 1.33 bits per heavy atom. The maximum absolute atomic E-state index is 12.4. The van der Waals surface area contributed by atoms with Crippen LogP contribution in [0.4, 0.5) is 0 Å². The zero-order valence-electron chi connectivity index (χ0n) is 12.5. The maximum Gasteiger partial charge on any atom is 0.240 e. The third-order valence-electron chi connectivity index (χ3n) is 4.48. The second kappa shape index (κ2) is 6.67. The first-order valence-electron chi connectivity index (χ1n) is 7.26. The van der Waals surface area contributed by atoms with E-state index in [1.165, 1.54) is 12.8 Å². The molecule has 1 saturated carbocycles. The highest BCUT2D eigenvalue weighted by molar-refractivity contribution is 9.10. The number of hydrogen-bond acceptors (Lipinski definition) is 3. The molecule has 0 saturated heterocycles. The predicted molar refractivity (Wildman–Crippen MR) is 87.1 cm³/mol. The Bertz CT molecular complexity index is 595. The first kappa shape index (κ1) is 16.8. The number of halogens is 1. The van der Waals surface area contributed by atoms with Crippen molar-refractivity contribution in [2.75, 3.05) is 13.7 Å². The predicted octanol–water partition coefficient (Wildman–Crippen LogP) is 3.71. The molecule has 0 aromatic heterocycles. The summed E-state index contributed by atoms with van der Waals surface area (Å²) in [5, 5.41) is 0. The van der Waals surface area contributed by atoms with Crippen LogP contribution in [0.1, 0.15) is 39.0 Å². The lowest BCUT2D eigenvalue weighted by molar-refractivity contribution is 0.285. The summed E-state index contributed by atoms with van der Waals surface area (Å²) in [5.41, 5.74) is 0.136. The fourth-order valence-electron chi connectivity index (χ4n) is 2.93. The molecule has 4 nitrogen and oxygen atoms in total. The van der Waals surface area contributed by atoms with Crippen LogP contribution >= 0.6 is 15.9 Å². The number of sulfonamides is 1. The highest BCUT2D eigenvalue weighted by Crippen LogP contribution is 2.40. The molecule has 0 spiro atoms. The molecule has 0 unspecified atom stereocenters. The normalized spacial score (nSPS) is 17.9. The quantitative estimate of drug-likeness (QED) is 0.824. The second-order valence-corrected chi connectivity index (χ2v) is 8.30. The van der Waals surface area contributed by atoms with E-state index in [4.69, 9.17) is 4.74 Å². The molecule has 1 N–H and O–H groups in total. The van der Waals surface area contributed by atoms with E-state index in [0.717, 1.165) is 19.3 Å². The van der Waals surface area contributed by atoms with Crippen molar-refractivity contribution in [3.63, 3.8) is 0 Å². The molecule has 1 aromatic rings. The Balaban J connectivity index is 2.13. The summed E-state index contributed by atoms with van der Waals surface area (Å²) in [7, 11) is -1.93. The number of methoxy groups -OCH3 is 1. The van der Waals surface area contributed by atoms with Crippen LogP contribution in [0, 0.1) is 5.41 Å². The molecule has 0 radical (unpaired) electrons. The largest absolute Gasteiger partial charge is 0.496 e. The fraction of sp³-hybridized carbons (Fsp3) is 0.600. The highest BCUT2D eigenvalue weighted by Gasteiger charge is 2.33. The summed E-state index contributed by atoms with van der Waals surface area (Å²) in [6, 6.07) is 4.80. The van der Waals surface area contributed by atoms with Gasteiger partial charge in [0.05, 0.1) is 16.5 Å². The number of benzene rings is 1. The van der Waals surface area contributed by atoms with Crippen LogP contribution in [0.3, 0.4) is 0 Å². The summed E-state index contributed by atoms with van der Waals surface area (Å²) >= 11 is 3.32. The Kier molecular flexibility index (Phi) is 5.33. The van der Waals surface area contributed by atoms with Crippen molar-refractivity contribution in [1.29, 1.82) is 0 Å². The summed E-state index contributed by atoms with van der Waals surface area (Å²) in [6.45, 7) is 2.67. The zero-order chi connectivity index (χ0) is 15.5. The molecule has 21 heavy (non-hydrogen) atoms. The van der Waals surface area contributed by atoms with Gasteiger partial charge in [0.25, 0.3) is 0 Å². The van der Waals surface area contributed by atoms with Gasteiger partial charge < -0.3 is 4.74 Å². The lowest BCUT2D eigenvalue weighted by Crippen LogP contribution is -2.35. The summed E-state index contributed by atoms with van der Waals surface area (Å²) in [6.07, 6.45) is 5.63. The minimum atomic E-state index is -3.48. The molecule has 0 bridgehead atoms. The summed E-state index contributed by atoms with van der Waals surface area (Å²) in [5.74, 6) is 0.620. The molecular weight excluding hydrogens is 354 g/mol. The molecule has 118 valence electrons. The molecular formula is C15H22BrNO3S. The van der Waals surface area contributed by atoms with E-state index in [0.29, 0.717) is 16.8 Å². The lowest BCUT2D eigenvalue weighted by atomic mass is 9.84. The standard InChI is InChI=1S/C15H22BrNO3S/c1-3-15(8-4-5-9-15)11-17-21(18,19)12-6-7-14(20-2)13(16)10-12/h6-7,10,17H,3-5,8-9,11H2,1-2H3. The van der Waals surface area contributed by atoms with Crippen molar-refractivity contribution < 1.29 is 13.2 Å². The van der Waals surface area contributed by atoms with Gasteiger partial charge in [-0.25, -0.2) is 13.1 Å². The van der Waals surface area contributed by atoms with Crippen LogP contribution in [-0.2, 0) is 10.0 Å². The van der Waals surface area contributed by atoms with E-state index in [1.807, 2.05) is 0 Å². The second-order valence-electron chi connectivity index (χ2n) is 5.68. The Labute approximate surface area is 135 Å². The molecule has 0 amide bonds. The van der Waals surface area contributed by atoms with E-state index < -0.39 is 10.0 Å². The van der Waals surface area contributed by atoms with E-state index in [-0.39, 0.29) is 10.3 Å². The SMILES string of the molecule is CCC1(CNS(=O)(=O)c2ccc(OC)c(Br)c2)CCCC1. The van der Waals surface area contributed by atoms with E-state index >= 15 is 0 Å². The third kappa shape index (κ3) is 3.79. The van der Waals surface area contributed by atoms with Gasteiger partial charge in [-0.05, 0) is 58.8 Å².